The van der Waals surface area contributed by atoms with Crippen molar-refractivity contribution in [2.75, 3.05) is 11.6 Å². The van der Waals surface area contributed by atoms with Crippen molar-refractivity contribution in [3.8, 4) is 5.75 Å². The standard InChI is InChI=1S/C10H9N3O3/c1-7(14)16-9-5-3-2-4-8(9)13-10(15)6-11-12-13/h2-5H,6H2,1H3. The summed E-state index contributed by atoms with van der Waals surface area (Å²) in [7, 11) is 0. The highest BCUT2D eigenvalue weighted by molar-refractivity contribution is 5.97. The molecule has 0 radical (unpaired) electrons. The van der Waals surface area contributed by atoms with Crippen LogP contribution in [0.1, 0.15) is 6.92 Å². The van der Waals surface area contributed by atoms with Crippen LogP contribution in [-0.4, -0.2) is 18.4 Å². The van der Waals surface area contributed by atoms with Crippen LogP contribution in [-0.2, 0) is 9.59 Å². The van der Waals surface area contributed by atoms with E-state index < -0.39 is 5.97 Å². The van der Waals surface area contributed by atoms with E-state index in [4.69, 9.17) is 4.74 Å². The van der Waals surface area contributed by atoms with Crippen molar-refractivity contribution < 1.29 is 14.3 Å². The van der Waals surface area contributed by atoms with E-state index >= 15 is 0 Å². The molecule has 0 bridgehead atoms. The number of rotatable bonds is 2. The van der Waals surface area contributed by atoms with Crippen molar-refractivity contribution in [2.45, 2.75) is 6.92 Å². The van der Waals surface area contributed by atoms with Gasteiger partial charge in [0, 0.05) is 6.92 Å². The van der Waals surface area contributed by atoms with E-state index in [-0.39, 0.29) is 12.5 Å². The summed E-state index contributed by atoms with van der Waals surface area (Å²) in [5.41, 5.74) is 0.420. The quantitative estimate of drug-likeness (QED) is 0.556. The van der Waals surface area contributed by atoms with Crippen molar-refractivity contribution in [1.82, 2.24) is 0 Å². The average Bonchev–Trinajstić information content (AvgIpc) is 2.64. The molecule has 0 aromatic heterocycles. The Morgan fingerprint density at radius 2 is 2.19 bits per heavy atom. The Labute approximate surface area is 91.5 Å². The minimum Gasteiger partial charge on any atom is -0.424 e. The van der Waals surface area contributed by atoms with Crippen LogP contribution < -0.4 is 9.75 Å². The van der Waals surface area contributed by atoms with Gasteiger partial charge in [-0.15, -0.1) is 0 Å². The molecule has 1 aliphatic heterocycles. The number of carbonyl (C=O) groups is 2. The molecule has 0 saturated carbocycles. The first-order chi connectivity index (χ1) is 7.68. The summed E-state index contributed by atoms with van der Waals surface area (Å²) in [6.45, 7) is 1.32. The minimum absolute atomic E-state index is 0.0222. The molecule has 0 spiro atoms. The molecular formula is C10H9N3O3. The lowest BCUT2D eigenvalue weighted by Gasteiger charge is -2.13. The molecule has 0 N–H and O–H groups in total. The molecule has 0 saturated heterocycles. The van der Waals surface area contributed by atoms with Crippen molar-refractivity contribution in [3.05, 3.63) is 24.3 Å². The molecule has 2 rings (SSSR count). The van der Waals surface area contributed by atoms with E-state index in [1.54, 1.807) is 24.3 Å². The number of hydrogen-bond donors (Lipinski definition) is 0. The highest BCUT2D eigenvalue weighted by atomic mass is 16.5. The van der Waals surface area contributed by atoms with Gasteiger partial charge in [0.1, 0.15) is 12.2 Å². The molecule has 0 atom stereocenters. The topological polar surface area (TPSA) is 71.3 Å². The second-order valence-corrected chi connectivity index (χ2v) is 3.16. The first kappa shape index (κ1) is 10.3. The fraction of sp³-hybridized carbons (Fsp3) is 0.200. The average molecular weight is 219 g/mol. The number of nitrogens with zero attached hydrogens (tertiary/aromatic N) is 3. The van der Waals surface area contributed by atoms with Gasteiger partial charge in [0.2, 0.25) is 0 Å². The largest absolute Gasteiger partial charge is 0.424 e. The van der Waals surface area contributed by atoms with Gasteiger partial charge in [-0.1, -0.05) is 17.4 Å². The van der Waals surface area contributed by atoms with Gasteiger partial charge in [0.15, 0.2) is 5.75 Å². The molecule has 1 heterocycles. The molecule has 0 aliphatic carbocycles. The van der Waals surface area contributed by atoms with Crippen LogP contribution in [0.4, 0.5) is 5.69 Å². The third kappa shape index (κ3) is 1.90. The first-order valence-corrected chi connectivity index (χ1v) is 4.66. The Balaban J connectivity index is 2.36. The highest BCUT2D eigenvalue weighted by Gasteiger charge is 2.23. The summed E-state index contributed by atoms with van der Waals surface area (Å²) >= 11 is 0. The van der Waals surface area contributed by atoms with E-state index in [1.165, 1.54) is 6.92 Å². The monoisotopic (exact) mass is 219 g/mol. The molecular weight excluding hydrogens is 210 g/mol. The minimum atomic E-state index is -0.448. The van der Waals surface area contributed by atoms with Gasteiger partial charge in [-0.05, 0) is 12.1 Å². The predicted molar refractivity (Wildman–Crippen MR) is 55.0 cm³/mol. The van der Waals surface area contributed by atoms with E-state index in [0.29, 0.717) is 11.4 Å². The molecule has 82 valence electrons. The van der Waals surface area contributed by atoms with Gasteiger partial charge in [-0.3, -0.25) is 9.59 Å². The summed E-state index contributed by atoms with van der Waals surface area (Å²) < 4.78 is 4.97. The SMILES string of the molecule is CC(=O)Oc1ccccc1N1N=NCC1=O. The second kappa shape index (κ2) is 4.09. The summed E-state index contributed by atoms with van der Waals surface area (Å²) in [6, 6.07) is 6.67. The van der Waals surface area contributed by atoms with Gasteiger partial charge in [0.05, 0.1) is 0 Å². The number of benzene rings is 1. The zero-order valence-electron chi connectivity index (χ0n) is 8.58. The molecule has 0 fully saturated rings. The summed E-state index contributed by atoms with van der Waals surface area (Å²) in [6.07, 6.45) is 0. The summed E-state index contributed by atoms with van der Waals surface area (Å²) in [5.74, 6) is -0.403. The number of amides is 1. The van der Waals surface area contributed by atoms with Gasteiger partial charge in [-0.25, -0.2) is 0 Å². The van der Waals surface area contributed by atoms with Crippen LogP contribution in [0.15, 0.2) is 34.6 Å². The van der Waals surface area contributed by atoms with Gasteiger partial charge < -0.3 is 4.74 Å². The normalized spacial score (nSPS) is 14.3. The number of anilines is 1. The first-order valence-electron chi connectivity index (χ1n) is 4.66. The number of esters is 1. The fourth-order valence-electron chi connectivity index (χ4n) is 1.33. The maximum Gasteiger partial charge on any atom is 0.308 e. The zero-order valence-corrected chi connectivity index (χ0v) is 8.58. The smallest absolute Gasteiger partial charge is 0.308 e. The van der Waals surface area contributed by atoms with Crippen LogP contribution >= 0.6 is 0 Å². The van der Waals surface area contributed by atoms with Gasteiger partial charge in [0.25, 0.3) is 5.91 Å². The molecule has 1 aliphatic rings. The van der Waals surface area contributed by atoms with Crippen LogP contribution in [0.3, 0.4) is 0 Å². The fourth-order valence-corrected chi connectivity index (χ4v) is 1.33. The lowest BCUT2D eigenvalue weighted by atomic mass is 10.3. The number of para-hydroxylation sites is 2. The molecule has 6 heteroatoms. The molecule has 1 aromatic carbocycles. The van der Waals surface area contributed by atoms with Gasteiger partial charge >= 0.3 is 5.97 Å². The van der Waals surface area contributed by atoms with Crippen LogP contribution in [0.2, 0.25) is 0 Å². The Morgan fingerprint density at radius 1 is 1.44 bits per heavy atom. The lowest BCUT2D eigenvalue weighted by Crippen LogP contribution is -2.22. The molecule has 0 unspecified atom stereocenters. The Morgan fingerprint density at radius 3 is 2.81 bits per heavy atom. The summed E-state index contributed by atoms with van der Waals surface area (Å²) in [5, 5.41) is 8.40. The Bertz CT molecular complexity index is 470. The molecule has 1 amide bonds. The van der Waals surface area contributed by atoms with Crippen LogP contribution in [0, 0.1) is 0 Å². The highest BCUT2D eigenvalue weighted by Crippen LogP contribution is 2.30. The van der Waals surface area contributed by atoms with E-state index in [0.717, 1.165) is 5.01 Å². The molecule has 16 heavy (non-hydrogen) atoms. The van der Waals surface area contributed by atoms with Gasteiger partial charge in [-0.2, -0.15) is 10.1 Å². The van der Waals surface area contributed by atoms with Crippen LogP contribution in [0.5, 0.6) is 5.75 Å². The molecule has 6 nitrogen and oxygen atoms in total. The number of carbonyl (C=O) groups excluding carboxylic acids is 2. The third-order valence-electron chi connectivity index (χ3n) is 1.94. The number of ether oxygens (including phenoxy) is 1. The van der Waals surface area contributed by atoms with E-state index in [1.807, 2.05) is 0 Å². The maximum absolute atomic E-state index is 11.4. The second-order valence-electron chi connectivity index (χ2n) is 3.16. The van der Waals surface area contributed by atoms with Crippen molar-refractivity contribution in [2.24, 2.45) is 10.3 Å². The Hall–Kier alpha value is -2.24. The number of hydrogen-bond acceptors (Lipinski definition) is 5. The predicted octanol–water partition coefficient (Wildman–Crippen LogP) is 1.33. The maximum atomic E-state index is 11.4. The third-order valence-corrected chi connectivity index (χ3v) is 1.94. The molecule has 1 aromatic rings. The van der Waals surface area contributed by atoms with Crippen molar-refractivity contribution >= 4 is 17.6 Å². The van der Waals surface area contributed by atoms with Crippen molar-refractivity contribution in [1.29, 1.82) is 0 Å². The summed E-state index contributed by atoms with van der Waals surface area (Å²) in [4.78, 5) is 22.3. The Kier molecular flexibility index (Phi) is 2.63. The lowest BCUT2D eigenvalue weighted by molar-refractivity contribution is -0.132. The van der Waals surface area contributed by atoms with Crippen molar-refractivity contribution in [3.63, 3.8) is 0 Å². The van der Waals surface area contributed by atoms with E-state index in [9.17, 15) is 9.59 Å². The zero-order chi connectivity index (χ0) is 11.5. The van der Waals surface area contributed by atoms with Crippen LogP contribution in [0.25, 0.3) is 0 Å². The van der Waals surface area contributed by atoms with E-state index in [2.05, 4.69) is 10.3 Å².